The highest BCUT2D eigenvalue weighted by molar-refractivity contribution is 5.88. The first-order valence-electron chi connectivity index (χ1n) is 8.91. The van der Waals surface area contributed by atoms with Gasteiger partial charge in [-0.25, -0.2) is 0 Å². The molecule has 0 aromatic heterocycles. The van der Waals surface area contributed by atoms with Crippen LogP contribution in [-0.4, -0.2) is 53.9 Å². The molecule has 5 nitrogen and oxygen atoms in total. The third-order valence-corrected chi connectivity index (χ3v) is 5.06. The zero-order valence-electron chi connectivity index (χ0n) is 14.3. The molecule has 1 aromatic rings. The van der Waals surface area contributed by atoms with Gasteiger partial charge in [0, 0.05) is 19.6 Å². The Morgan fingerprint density at radius 1 is 1.08 bits per heavy atom. The molecule has 2 fully saturated rings. The van der Waals surface area contributed by atoms with E-state index >= 15 is 0 Å². The summed E-state index contributed by atoms with van der Waals surface area (Å²) in [5.74, 6) is 1.39. The third-order valence-electron chi connectivity index (χ3n) is 5.06. The molecule has 0 spiro atoms. The van der Waals surface area contributed by atoms with Gasteiger partial charge in [0.05, 0.1) is 0 Å². The summed E-state index contributed by atoms with van der Waals surface area (Å²) in [7, 11) is 0. The molecule has 2 aliphatic rings. The van der Waals surface area contributed by atoms with Gasteiger partial charge in [0.15, 0.2) is 6.61 Å². The van der Waals surface area contributed by atoms with E-state index in [1.54, 1.807) is 4.90 Å². The molecule has 130 valence electrons. The molecule has 1 aromatic carbocycles. The highest BCUT2D eigenvalue weighted by atomic mass is 16.5. The van der Waals surface area contributed by atoms with E-state index in [2.05, 4.69) is 6.92 Å². The third kappa shape index (κ3) is 3.89. The van der Waals surface area contributed by atoms with E-state index in [0.29, 0.717) is 18.2 Å². The number of para-hydroxylation sites is 1. The number of benzene rings is 1. The molecule has 2 amide bonds. The number of ether oxygens (including phenoxy) is 1. The number of hydrogen-bond acceptors (Lipinski definition) is 3. The van der Waals surface area contributed by atoms with Crippen molar-refractivity contribution in [1.82, 2.24) is 9.80 Å². The molecule has 2 heterocycles. The minimum absolute atomic E-state index is 0.00910. The van der Waals surface area contributed by atoms with Crippen LogP contribution in [-0.2, 0) is 9.59 Å². The zero-order chi connectivity index (χ0) is 16.9. The highest BCUT2D eigenvalue weighted by Gasteiger charge is 2.37. The van der Waals surface area contributed by atoms with Crippen LogP contribution >= 0.6 is 0 Å². The summed E-state index contributed by atoms with van der Waals surface area (Å²) in [4.78, 5) is 28.9. The molecule has 24 heavy (non-hydrogen) atoms. The number of amides is 2. The van der Waals surface area contributed by atoms with E-state index in [0.717, 1.165) is 38.8 Å². The average Bonchev–Trinajstić information content (AvgIpc) is 3.10. The zero-order valence-corrected chi connectivity index (χ0v) is 14.3. The van der Waals surface area contributed by atoms with Gasteiger partial charge in [0.25, 0.3) is 5.91 Å². The van der Waals surface area contributed by atoms with Crippen molar-refractivity contribution in [3.8, 4) is 5.75 Å². The Kier molecular flexibility index (Phi) is 5.38. The van der Waals surface area contributed by atoms with Crippen molar-refractivity contribution in [3.63, 3.8) is 0 Å². The van der Waals surface area contributed by atoms with E-state index in [9.17, 15) is 9.59 Å². The number of likely N-dealkylation sites (tertiary alicyclic amines) is 2. The monoisotopic (exact) mass is 330 g/mol. The minimum atomic E-state index is -0.301. The second-order valence-electron chi connectivity index (χ2n) is 6.85. The lowest BCUT2D eigenvalue weighted by Gasteiger charge is -2.34. The van der Waals surface area contributed by atoms with Gasteiger partial charge in [-0.15, -0.1) is 0 Å². The molecule has 0 saturated carbocycles. The number of carbonyl (C=O) groups is 2. The van der Waals surface area contributed by atoms with E-state index in [4.69, 9.17) is 4.74 Å². The van der Waals surface area contributed by atoms with Crippen molar-refractivity contribution < 1.29 is 14.3 Å². The van der Waals surface area contributed by atoms with Crippen LogP contribution in [0.4, 0.5) is 0 Å². The van der Waals surface area contributed by atoms with Crippen LogP contribution in [0, 0.1) is 5.92 Å². The Morgan fingerprint density at radius 2 is 1.79 bits per heavy atom. The van der Waals surface area contributed by atoms with E-state index in [1.165, 1.54) is 0 Å². The molecule has 0 radical (unpaired) electrons. The Balaban J connectivity index is 1.56. The molecule has 0 unspecified atom stereocenters. The van der Waals surface area contributed by atoms with E-state index < -0.39 is 0 Å². The van der Waals surface area contributed by atoms with Crippen LogP contribution in [0.3, 0.4) is 0 Å². The summed E-state index contributed by atoms with van der Waals surface area (Å²) in [6.07, 6.45) is 3.77. The Morgan fingerprint density at radius 3 is 2.50 bits per heavy atom. The van der Waals surface area contributed by atoms with Gasteiger partial charge < -0.3 is 14.5 Å². The van der Waals surface area contributed by atoms with E-state index in [1.807, 2.05) is 35.2 Å². The molecule has 2 aliphatic heterocycles. The molecule has 0 aliphatic carbocycles. The quantitative estimate of drug-likeness (QED) is 0.851. The van der Waals surface area contributed by atoms with Gasteiger partial charge in [-0.3, -0.25) is 9.59 Å². The number of carbonyl (C=O) groups excluding carboxylic acids is 2. The van der Waals surface area contributed by atoms with Crippen molar-refractivity contribution in [2.24, 2.45) is 5.92 Å². The Hall–Kier alpha value is -2.04. The van der Waals surface area contributed by atoms with Crippen LogP contribution in [0.25, 0.3) is 0 Å². The van der Waals surface area contributed by atoms with Gasteiger partial charge in [0.1, 0.15) is 11.8 Å². The summed E-state index contributed by atoms with van der Waals surface area (Å²) in [6, 6.07) is 9.01. The fourth-order valence-corrected chi connectivity index (χ4v) is 3.51. The predicted molar refractivity (Wildman–Crippen MR) is 91.7 cm³/mol. The summed E-state index contributed by atoms with van der Waals surface area (Å²) < 4.78 is 5.55. The van der Waals surface area contributed by atoms with Crippen LogP contribution in [0.2, 0.25) is 0 Å². The topological polar surface area (TPSA) is 49.9 Å². The van der Waals surface area contributed by atoms with E-state index in [-0.39, 0.29) is 24.5 Å². The summed E-state index contributed by atoms with van der Waals surface area (Å²) in [5, 5.41) is 0. The first-order valence-corrected chi connectivity index (χ1v) is 8.91. The predicted octanol–water partition coefficient (Wildman–Crippen LogP) is 2.31. The standard InChI is InChI=1S/C19H26N2O3/c1-15-9-12-20(13-10-15)19(23)17-8-5-11-21(17)18(22)14-24-16-6-3-2-4-7-16/h2-4,6-7,15,17H,5,8-14H2,1H3/t17-/m0/s1. The van der Waals surface area contributed by atoms with Crippen LogP contribution in [0.15, 0.2) is 30.3 Å². The Bertz CT molecular complexity index is 567. The summed E-state index contributed by atoms with van der Waals surface area (Å²) in [6.45, 7) is 4.51. The SMILES string of the molecule is CC1CCN(C(=O)[C@@H]2CCCN2C(=O)COc2ccccc2)CC1. The largest absolute Gasteiger partial charge is 0.484 e. The number of rotatable bonds is 4. The van der Waals surface area contributed by atoms with Crippen molar-refractivity contribution in [1.29, 1.82) is 0 Å². The maximum Gasteiger partial charge on any atom is 0.261 e. The van der Waals surface area contributed by atoms with Gasteiger partial charge in [-0.2, -0.15) is 0 Å². The van der Waals surface area contributed by atoms with Crippen LogP contribution in [0.1, 0.15) is 32.6 Å². The second-order valence-corrected chi connectivity index (χ2v) is 6.85. The number of nitrogens with zero attached hydrogens (tertiary/aromatic N) is 2. The van der Waals surface area contributed by atoms with Crippen molar-refractivity contribution in [2.75, 3.05) is 26.2 Å². The van der Waals surface area contributed by atoms with Gasteiger partial charge in [-0.05, 0) is 43.7 Å². The molecular formula is C19H26N2O3. The Labute approximate surface area is 143 Å². The molecule has 1 atom stereocenters. The van der Waals surface area contributed by atoms with Gasteiger partial charge in [-0.1, -0.05) is 25.1 Å². The molecule has 2 saturated heterocycles. The van der Waals surface area contributed by atoms with Gasteiger partial charge in [0.2, 0.25) is 5.91 Å². The van der Waals surface area contributed by atoms with Crippen LogP contribution < -0.4 is 4.74 Å². The van der Waals surface area contributed by atoms with Crippen molar-refractivity contribution in [3.05, 3.63) is 30.3 Å². The molecule has 0 bridgehead atoms. The fourth-order valence-electron chi connectivity index (χ4n) is 3.51. The normalized spacial score (nSPS) is 21.8. The number of piperidine rings is 1. The molecular weight excluding hydrogens is 304 g/mol. The first-order chi connectivity index (χ1) is 11.6. The van der Waals surface area contributed by atoms with Crippen molar-refractivity contribution >= 4 is 11.8 Å². The first kappa shape index (κ1) is 16.8. The van der Waals surface area contributed by atoms with Crippen LogP contribution in [0.5, 0.6) is 5.75 Å². The summed E-state index contributed by atoms with van der Waals surface area (Å²) in [5.41, 5.74) is 0. The lowest BCUT2D eigenvalue weighted by Crippen LogP contribution is -2.50. The summed E-state index contributed by atoms with van der Waals surface area (Å²) >= 11 is 0. The number of hydrogen-bond donors (Lipinski definition) is 0. The average molecular weight is 330 g/mol. The lowest BCUT2D eigenvalue weighted by molar-refractivity contribution is -0.145. The smallest absolute Gasteiger partial charge is 0.261 e. The second kappa shape index (κ2) is 7.69. The van der Waals surface area contributed by atoms with Gasteiger partial charge >= 0.3 is 0 Å². The molecule has 0 N–H and O–H groups in total. The maximum atomic E-state index is 12.8. The lowest BCUT2D eigenvalue weighted by atomic mass is 9.98. The fraction of sp³-hybridized carbons (Fsp3) is 0.579. The molecule has 5 heteroatoms. The highest BCUT2D eigenvalue weighted by Crippen LogP contribution is 2.23. The maximum absolute atomic E-state index is 12.8. The minimum Gasteiger partial charge on any atom is -0.484 e. The molecule has 3 rings (SSSR count). The van der Waals surface area contributed by atoms with Crippen molar-refractivity contribution in [2.45, 2.75) is 38.6 Å².